The van der Waals surface area contributed by atoms with Crippen LogP contribution in [0, 0.1) is 17.5 Å². The number of nitrogens with two attached hydrogens (primary N) is 1. The van der Waals surface area contributed by atoms with E-state index in [9.17, 15) is 35.9 Å². The van der Waals surface area contributed by atoms with E-state index in [0.29, 0.717) is 23.7 Å². The molecule has 2 aliphatic rings. The number of alkyl halides is 3. The van der Waals surface area contributed by atoms with Gasteiger partial charge in [-0.25, -0.2) is 18.2 Å². The largest absolute Gasteiger partial charge is 0.471 e. The van der Waals surface area contributed by atoms with Gasteiger partial charge in [-0.2, -0.15) is 13.2 Å². The highest BCUT2D eigenvalue weighted by Gasteiger charge is 2.42. The van der Waals surface area contributed by atoms with Gasteiger partial charge in [0.2, 0.25) is 5.91 Å². The van der Waals surface area contributed by atoms with E-state index in [1.54, 1.807) is 0 Å². The van der Waals surface area contributed by atoms with Gasteiger partial charge in [-0.15, -0.1) is 0 Å². The minimum Gasteiger partial charge on any atom is -0.333 e. The van der Waals surface area contributed by atoms with Gasteiger partial charge in [-0.05, 0) is 30.9 Å². The molecule has 1 aliphatic heterocycles. The number of nitrogens with zero attached hydrogens (tertiary/aromatic N) is 3. The van der Waals surface area contributed by atoms with Gasteiger partial charge in [0.1, 0.15) is 17.5 Å². The van der Waals surface area contributed by atoms with E-state index in [0.717, 1.165) is 12.8 Å². The maximum Gasteiger partial charge on any atom is 0.471 e. The molecule has 0 spiro atoms. The number of nitrogens with one attached hydrogen (secondary N) is 1. The Kier molecular flexibility index (Phi) is 6.32. The maximum atomic E-state index is 13.9. The van der Waals surface area contributed by atoms with Gasteiger partial charge >= 0.3 is 12.1 Å². The van der Waals surface area contributed by atoms with Crippen LogP contribution >= 0.6 is 0 Å². The first-order chi connectivity index (χ1) is 15.9. The van der Waals surface area contributed by atoms with Gasteiger partial charge in [0, 0.05) is 37.5 Å². The Balaban J connectivity index is 1.44. The molecule has 34 heavy (non-hydrogen) atoms. The molecule has 1 unspecified atom stereocenters. The number of aromatic nitrogens is 2. The molecule has 7 nitrogen and oxygen atoms in total. The van der Waals surface area contributed by atoms with Crippen LogP contribution in [0.2, 0.25) is 0 Å². The first kappa shape index (κ1) is 24.0. The van der Waals surface area contributed by atoms with Gasteiger partial charge in [0.05, 0.1) is 12.2 Å². The van der Waals surface area contributed by atoms with Crippen molar-refractivity contribution < 1.29 is 35.9 Å². The third-order valence-electron chi connectivity index (χ3n) is 5.81. The number of amides is 2. The normalized spacial score (nSPS) is 16.9. The van der Waals surface area contributed by atoms with Gasteiger partial charge < -0.3 is 20.5 Å². The van der Waals surface area contributed by atoms with E-state index in [2.05, 4.69) is 4.98 Å². The van der Waals surface area contributed by atoms with E-state index in [-0.39, 0.29) is 49.8 Å². The fraction of sp³-hybridized carbons (Fsp3) is 0.476. The molecule has 0 bridgehead atoms. The molecule has 1 aromatic carbocycles. The summed E-state index contributed by atoms with van der Waals surface area (Å²) in [5.41, 5.74) is 6.14. The summed E-state index contributed by atoms with van der Waals surface area (Å²) in [7, 11) is 0. The van der Waals surface area contributed by atoms with Crippen molar-refractivity contribution in [3.8, 4) is 0 Å². The van der Waals surface area contributed by atoms with E-state index in [4.69, 9.17) is 5.73 Å². The highest BCUT2D eigenvalue weighted by atomic mass is 19.4. The standard InChI is InChI=1S/C21H21F6N5O2/c22-13-8-15(24)14(23)6-11(13)5-12(28)7-17(33)31-3-4-32-16(9-31)29-18(10-1-2-10)19(32)30-20(34)21(25,26)27/h6,8,10,12H,1-5,7,9,28H2,(H,30,34). The molecule has 1 atom stereocenters. The van der Waals surface area contributed by atoms with E-state index in [1.165, 1.54) is 9.47 Å². The molecule has 3 N–H and O–H groups in total. The SMILES string of the molecule is NC(CC(=O)N1CCn2c(nc(C3CC3)c2NC(=O)C(F)(F)F)C1)Cc1cc(F)c(F)cc1F. The molecule has 1 aromatic heterocycles. The fourth-order valence-corrected chi connectivity index (χ4v) is 3.94. The Morgan fingerprint density at radius 2 is 1.79 bits per heavy atom. The van der Waals surface area contributed by atoms with Crippen LogP contribution in [0.4, 0.5) is 32.2 Å². The molecule has 4 rings (SSSR count). The predicted molar refractivity (Wildman–Crippen MR) is 107 cm³/mol. The first-order valence-electron chi connectivity index (χ1n) is 10.6. The lowest BCUT2D eigenvalue weighted by Crippen LogP contribution is -2.42. The molecule has 1 aliphatic carbocycles. The summed E-state index contributed by atoms with van der Waals surface area (Å²) >= 11 is 0. The number of carbonyl (C=O) groups excluding carboxylic acids is 2. The lowest BCUT2D eigenvalue weighted by atomic mass is 10.0. The number of carbonyl (C=O) groups is 2. The maximum absolute atomic E-state index is 13.9. The molecular formula is C21H21F6N5O2. The van der Waals surface area contributed by atoms with Crippen molar-refractivity contribution >= 4 is 17.6 Å². The van der Waals surface area contributed by atoms with Crippen molar-refractivity contribution in [1.29, 1.82) is 0 Å². The predicted octanol–water partition coefficient (Wildman–Crippen LogP) is 2.98. The Morgan fingerprint density at radius 3 is 2.44 bits per heavy atom. The van der Waals surface area contributed by atoms with E-state index < -0.39 is 41.5 Å². The number of hydrogen-bond acceptors (Lipinski definition) is 4. The molecule has 2 aromatic rings. The number of rotatable bonds is 6. The zero-order valence-corrected chi connectivity index (χ0v) is 17.8. The highest BCUT2D eigenvalue weighted by molar-refractivity contribution is 5.95. The zero-order chi connectivity index (χ0) is 24.8. The average Bonchev–Trinajstić information content (AvgIpc) is 3.53. The van der Waals surface area contributed by atoms with Crippen molar-refractivity contribution in [2.24, 2.45) is 5.73 Å². The summed E-state index contributed by atoms with van der Waals surface area (Å²) in [6, 6.07) is 0.233. The molecule has 0 radical (unpaired) electrons. The fourth-order valence-electron chi connectivity index (χ4n) is 3.94. The number of imidazole rings is 1. The van der Waals surface area contributed by atoms with Crippen molar-refractivity contribution in [3.05, 3.63) is 46.7 Å². The third-order valence-corrected chi connectivity index (χ3v) is 5.81. The van der Waals surface area contributed by atoms with E-state index >= 15 is 0 Å². The minimum absolute atomic E-state index is 0.00237. The zero-order valence-electron chi connectivity index (χ0n) is 17.8. The average molecular weight is 489 g/mol. The number of benzene rings is 1. The summed E-state index contributed by atoms with van der Waals surface area (Å²) < 4.78 is 80.1. The number of fused-ring (bicyclic) bond motifs is 1. The van der Waals surface area contributed by atoms with E-state index in [1.807, 2.05) is 5.32 Å². The van der Waals surface area contributed by atoms with Gasteiger partial charge in [-0.1, -0.05) is 0 Å². The number of halogens is 6. The number of hydrogen-bond donors (Lipinski definition) is 2. The van der Waals surface area contributed by atoms with Crippen LogP contribution in [0.25, 0.3) is 0 Å². The lowest BCUT2D eigenvalue weighted by Gasteiger charge is -2.29. The molecular weight excluding hydrogens is 468 g/mol. The molecule has 1 fully saturated rings. The Hall–Kier alpha value is -3.09. The Morgan fingerprint density at radius 1 is 1.12 bits per heavy atom. The van der Waals surface area contributed by atoms with Crippen LogP contribution in [0.1, 0.15) is 42.3 Å². The van der Waals surface area contributed by atoms with Gasteiger partial charge in [0.25, 0.3) is 0 Å². The smallest absolute Gasteiger partial charge is 0.333 e. The summed E-state index contributed by atoms with van der Waals surface area (Å²) in [6.45, 7) is 0.238. The molecule has 0 saturated heterocycles. The molecule has 13 heteroatoms. The second-order valence-electron chi connectivity index (χ2n) is 8.48. The number of anilines is 1. The Bertz CT molecular complexity index is 1130. The first-order valence-corrected chi connectivity index (χ1v) is 10.6. The summed E-state index contributed by atoms with van der Waals surface area (Å²) in [4.78, 5) is 30.0. The van der Waals surface area contributed by atoms with Gasteiger partial charge in [0.15, 0.2) is 11.6 Å². The van der Waals surface area contributed by atoms with Gasteiger partial charge in [-0.3, -0.25) is 9.59 Å². The second kappa shape index (κ2) is 8.93. The molecule has 184 valence electrons. The second-order valence-corrected chi connectivity index (χ2v) is 8.48. The lowest BCUT2D eigenvalue weighted by molar-refractivity contribution is -0.167. The van der Waals surface area contributed by atoms with Crippen LogP contribution in [-0.2, 0) is 29.1 Å². The molecule has 2 heterocycles. The monoisotopic (exact) mass is 489 g/mol. The minimum atomic E-state index is -5.05. The van der Waals surface area contributed by atoms with Crippen LogP contribution in [-0.4, -0.2) is 45.0 Å². The van der Waals surface area contributed by atoms with Crippen molar-refractivity contribution in [1.82, 2.24) is 14.5 Å². The Labute approximate surface area is 189 Å². The van der Waals surface area contributed by atoms with Crippen LogP contribution in [0.5, 0.6) is 0 Å². The molecule has 2 amide bonds. The van der Waals surface area contributed by atoms with Crippen LogP contribution < -0.4 is 11.1 Å². The molecule has 1 saturated carbocycles. The van der Waals surface area contributed by atoms with Crippen molar-refractivity contribution in [2.45, 2.75) is 56.9 Å². The summed E-state index contributed by atoms with van der Waals surface area (Å²) in [5.74, 6) is -5.74. The topological polar surface area (TPSA) is 93.2 Å². The summed E-state index contributed by atoms with van der Waals surface area (Å²) in [6.07, 6.45) is -3.99. The van der Waals surface area contributed by atoms with Crippen LogP contribution in [0.15, 0.2) is 12.1 Å². The van der Waals surface area contributed by atoms with Crippen molar-refractivity contribution in [2.75, 3.05) is 11.9 Å². The quantitative estimate of drug-likeness (QED) is 0.482. The summed E-state index contributed by atoms with van der Waals surface area (Å²) in [5, 5.41) is 1.92. The highest BCUT2D eigenvalue weighted by Crippen LogP contribution is 2.44. The van der Waals surface area contributed by atoms with Crippen LogP contribution in [0.3, 0.4) is 0 Å². The van der Waals surface area contributed by atoms with Crippen molar-refractivity contribution in [3.63, 3.8) is 0 Å². The third kappa shape index (κ3) is 5.03.